The van der Waals surface area contributed by atoms with Crippen LogP contribution in [0.2, 0.25) is 0 Å². The van der Waals surface area contributed by atoms with Crippen molar-refractivity contribution in [3.63, 3.8) is 0 Å². The van der Waals surface area contributed by atoms with Gasteiger partial charge in [-0.25, -0.2) is 0 Å². The van der Waals surface area contributed by atoms with Crippen LogP contribution in [-0.4, -0.2) is 64.9 Å². The van der Waals surface area contributed by atoms with Gasteiger partial charge in [0.2, 0.25) is 5.91 Å². The van der Waals surface area contributed by atoms with Crippen LogP contribution in [0, 0.1) is 26.7 Å². The summed E-state index contributed by atoms with van der Waals surface area (Å²) in [7, 11) is 0. The van der Waals surface area contributed by atoms with Gasteiger partial charge in [0.1, 0.15) is 17.1 Å². The van der Waals surface area contributed by atoms with E-state index in [1.807, 2.05) is 32.6 Å². The molecule has 1 aromatic rings. The summed E-state index contributed by atoms with van der Waals surface area (Å²) in [6, 6.07) is 0. The molecule has 1 aromatic carbocycles. The number of phenolic OH excluding ortho intramolecular Hbond substituents is 1. The topological polar surface area (TPSA) is 53.0 Å². The Kier molecular flexibility index (Phi) is 6.74. The molecule has 0 bridgehead atoms. The number of benzene rings is 1. The summed E-state index contributed by atoms with van der Waals surface area (Å²) in [4.78, 5) is 16.8. The van der Waals surface area contributed by atoms with Crippen molar-refractivity contribution in [2.75, 3.05) is 38.5 Å². The smallest absolute Gasteiger partial charge is 0.226 e. The molecule has 162 valence electrons. The number of hydrogen-bond donors (Lipinski definition) is 2. The SMILES string of the molecule is Cc1c(C)c2c(c(C)c1O)CCC(C)(CCN1CCN(C(=O)C(C)CS)CC1)O2. The molecule has 1 saturated heterocycles. The van der Waals surface area contributed by atoms with Gasteiger partial charge in [-0.3, -0.25) is 9.69 Å². The highest BCUT2D eigenvalue weighted by Gasteiger charge is 2.35. The molecule has 0 radical (unpaired) electrons. The van der Waals surface area contributed by atoms with E-state index < -0.39 is 0 Å². The minimum Gasteiger partial charge on any atom is -0.507 e. The zero-order chi connectivity index (χ0) is 21.3. The Morgan fingerprint density at radius 1 is 1.17 bits per heavy atom. The van der Waals surface area contributed by atoms with Crippen molar-refractivity contribution in [3.8, 4) is 11.5 Å². The molecule has 0 saturated carbocycles. The van der Waals surface area contributed by atoms with E-state index in [2.05, 4.69) is 24.5 Å². The average Bonchev–Trinajstić information content (AvgIpc) is 2.74. The van der Waals surface area contributed by atoms with E-state index in [1.165, 1.54) is 0 Å². The number of hydrogen-bond acceptors (Lipinski definition) is 5. The van der Waals surface area contributed by atoms with Gasteiger partial charge in [-0.1, -0.05) is 6.92 Å². The molecule has 1 fully saturated rings. The van der Waals surface area contributed by atoms with Gasteiger partial charge in [-0.05, 0) is 63.6 Å². The van der Waals surface area contributed by atoms with Crippen molar-refractivity contribution >= 4 is 18.5 Å². The van der Waals surface area contributed by atoms with Gasteiger partial charge in [0.05, 0.1) is 0 Å². The van der Waals surface area contributed by atoms with Crippen LogP contribution in [0.15, 0.2) is 0 Å². The largest absolute Gasteiger partial charge is 0.507 e. The Balaban J connectivity index is 1.58. The van der Waals surface area contributed by atoms with Gasteiger partial charge in [0, 0.05) is 50.0 Å². The Morgan fingerprint density at radius 2 is 1.83 bits per heavy atom. The summed E-state index contributed by atoms with van der Waals surface area (Å²) in [6.07, 6.45) is 2.86. The molecule has 29 heavy (non-hydrogen) atoms. The lowest BCUT2D eigenvalue weighted by molar-refractivity contribution is -0.136. The fourth-order valence-corrected chi connectivity index (χ4v) is 4.60. The van der Waals surface area contributed by atoms with Crippen LogP contribution in [0.4, 0.5) is 0 Å². The number of rotatable bonds is 5. The van der Waals surface area contributed by atoms with E-state index in [0.717, 1.165) is 80.0 Å². The number of aromatic hydroxyl groups is 1. The summed E-state index contributed by atoms with van der Waals surface area (Å²) in [5.41, 5.74) is 3.90. The first-order valence-corrected chi connectivity index (χ1v) is 11.4. The number of piperazine rings is 1. The fourth-order valence-electron chi connectivity index (χ4n) is 4.45. The molecule has 1 N–H and O–H groups in total. The zero-order valence-electron chi connectivity index (χ0n) is 18.5. The predicted octanol–water partition coefficient (Wildman–Crippen LogP) is 3.50. The lowest BCUT2D eigenvalue weighted by atomic mass is 9.85. The molecule has 1 amide bonds. The molecule has 2 heterocycles. The molecule has 6 heteroatoms. The first-order valence-electron chi connectivity index (χ1n) is 10.8. The van der Waals surface area contributed by atoms with Crippen molar-refractivity contribution in [2.24, 2.45) is 5.92 Å². The number of carbonyl (C=O) groups excluding carboxylic acids is 1. The summed E-state index contributed by atoms with van der Waals surface area (Å²) >= 11 is 4.25. The van der Waals surface area contributed by atoms with Crippen LogP contribution in [0.1, 0.15) is 48.9 Å². The Labute approximate surface area is 180 Å². The monoisotopic (exact) mass is 420 g/mol. The van der Waals surface area contributed by atoms with E-state index >= 15 is 0 Å². The predicted molar refractivity (Wildman–Crippen MR) is 120 cm³/mol. The Hall–Kier alpha value is -1.40. The van der Waals surface area contributed by atoms with Crippen LogP contribution in [-0.2, 0) is 11.2 Å². The molecule has 0 aliphatic carbocycles. The maximum atomic E-state index is 12.3. The Bertz CT molecular complexity index is 774. The number of thiol groups is 1. The third-order valence-electron chi connectivity index (χ3n) is 6.93. The molecule has 5 nitrogen and oxygen atoms in total. The van der Waals surface area contributed by atoms with E-state index in [0.29, 0.717) is 11.5 Å². The van der Waals surface area contributed by atoms with Crippen molar-refractivity contribution in [1.29, 1.82) is 0 Å². The van der Waals surface area contributed by atoms with E-state index in [4.69, 9.17) is 4.74 Å². The van der Waals surface area contributed by atoms with Crippen LogP contribution in [0.3, 0.4) is 0 Å². The second-order valence-electron chi connectivity index (χ2n) is 9.08. The molecule has 2 atom stereocenters. The lowest BCUT2D eigenvalue weighted by Gasteiger charge is -2.41. The van der Waals surface area contributed by atoms with Crippen molar-refractivity contribution in [2.45, 2.75) is 59.5 Å². The molecule has 3 rings (SSSR count). The van der Waals surface area contributed by atoms with Crippen molar-refractivity contribution in [3.05, 3.63) is 22.3 Å². The number of carbonyl (C=O) groups is 1. The molecule has 2 aliphatic rings. The van der Waals surface area contributed by atoms with Crippen LogP contribution >= 0.6 is 12.6 Å². The molecule has 2 aliphatic heterocycles. The molecular formula is C23H36N2O3S. The average molecular weight is 421 g/mol. The summed E-state index contributed by atoms with van der Waals surface area (Å²) in [6.45, 7) is 14.6. The Morgan fingerprint density at radius 3 is 2.45 bits per heavy atom. The van der Waals surface area contributed by atoms with Gasteiger partial charge in [0.25, 0.3) is 0 Å². The van der Waals surface area contributed by atoms with Crippen LogP contribution < -0.4 is 4.74 Å². The second-order valence-corrected chi connectivity index (χ2v) is 9.45. The molecular weight excluding hydrogens is 384 g/mol. The van der Waals surface area contributed by atoms with Gasteiger partial charge in [-0.2, -0.15) is 12.6 Å². The fraction of sp³-hybridized carbons (Fsp3) is 0.696. The number of amides is 1. The van der Waals surface area contributed by atoms with E-state index in [-0.39, 0.29) is 17.4 Å². The second kappa shape index (κ2) is 8.76. The number of phenols is 1. The first-order chi connectivity index (χ1) is 13.7. The molecule has 2 unspecified atom stereocenters. The van der Waals surface area contributed by atoms with Crippen LogP contribution in [0.5, 0.6) is 11.5 Å². The van der Waals surface area contributed by atoms with Gasteiger partial charge in [0.15, 0.2) is 0 Å². The molecule has 0 spiro atoms. The maximum Gasteiger partial charge on any atom is 0.226 e. The number of ether oxygens (including phenoxy) is 1. The number of nitrogens with zero attached hydrogens (tertiary/aromatic N) is 2. The van der Waals surface area contributed by atoms with E-state index in [9.17, 15) is 9.90 Å². The highest BCUT2D eigenvalue weighted by Crippen LogP contribution is 2.44. The van der Waals surface area contributed by atoms with Crippen molar-refractivity contribution < 1.29 is 14.6 Å². The van der Waals surface area contributed by atoms with Gasteiger partial charge >= 0.3 is 0 Å². The third-order valence-corrected chi connectivity index (χ3v) is 7.48. The quantitative estimate of drug-likeness (QED) is 0.716. The summed E-state index contributed by atoms with van der Waals surface area (Å²) in [5, 5.41) is 10.4. The minimum atomic E-state index is -0.193. The minimum absolute atomic E-state index is 0.00547. The van der Waals surface area contributed by atoms with Gasteiger partial charge < -0.3 is 14.7 Å². The first kappa shape index (κ1) is 22.3. The number of fused-ring (bicyclic) bond motifs is 1. The van der Waals surface area contributed by atoms with Crippen molar-refractivity contribution in [1.82, 2.24) is 9.80 Å². The van der Waals surface area contributed by atoms with E-state index in [1.54, 1.807) is 0 Å². The lowest BCUT2D eigenvalue weighted by Crippen LogP contribution is -2.51. The molecule has 0 aromatic heterocycles. The van der Waals surface area contributed by atoms with Crippen LogP contribution in [0.25, 0.3) is 0 Å². The maximum absolute atomic E-state index is 12.3. The highest BCUT2D eigenvalue weighted by atomic mass is 32.1. The zero-order valence-corrected chi connectivity index (χ0v) is 19.4. The standard InChI is InChI=1S/C23H36N2O3S/c1-15(14-29)22(27)25-12-10-24(11-13-25)9-8-23(5)7-6-19-18(4)20(26)16(2)17(3)21(19)28-23/h15,26,29H,6-14H2,1-5H3. The highest BCUT2D eigenvalue weighted by molar-refractivity contribution is 7.80. The summed E-state index contributed by atoms with van der Waals surface area (Å²) < 4.78 is 6.55. The normalized spacial score (nSPS) is 23.4. The summed E-state index contributed by atoms with van der Waals surface area (Å²) in [5.74, 6) is 2.21. The third kappa shape index (κ3) is 4.53. The van der Waals surface area contributed by atoms with Gasteiger partial charge in [-0.15, -0.1) is 0 Å².